The SMILES string of the molecule is CC(=O)N[C@@H](Cc1cnc[nH]1)C(=O)N[C@H](C(=O)N[C@@H](Cc1ccccc1)C(=O)N[C@@H](CC(N)=O)C(=O)N[C@@H](CO)C(=O)N[C@@H](Cc1c[nH]c2ccccc12)C(=O)N[C@@H](CCC(=O)O)C(=O)N[C@@H](CCC(=O)O)C(=O)N[C@@H](Cc1ccc(O)cc1)C(=O)N[C@@H](CC(C)C)C(=O)N[C@@H](CC(=O)O)C(=O)N[C@@H](Cc1c[nH]c2ccccc12)C(=O)N[C@H](C(N)=O)C(C)C)C(C)C. The summed E-state index contributed by atoms with van der Waals surface area (Å²) in [5, 5.41) is 84.3. The van der Waals surface area contributed by atoms with E-state index in [1.807, 2.05) is 0 Å². The number of aromatic hydroxyl groups is 1. The molecule has 0 radical (unpaired) electrons. The van der Waals surface area contributed by atoms with Gasteiger partial charge in [0.15, 0.2) is 0 Å². The largest absolute Gasteiger partial charge is 0.508 e. The van der Waals surface area contributed by atoms with Crippen LogP contribution in [-0.4, -0.2) is 237 Å². The van der Waals surface area contributed by atoms with Crippen molar-refractivity contribution in [1.82, 2.24) is 89.1 Å². The molecule has 0 unspecified atom stereocenters. The fraction of sp³-hybridized carbons (Fsp3) is 0.424. The molecule has 0 saturated heterocycles. The van der Waals surface area contributed by atoms with Crippen LogP contribution in [0.25, 0.3) is 21.8 Å². The van der Waals surface area contributed by atoms with Crippen molar-refractivity contribution < 1.29 is 112 Å². The number of primary amides is 2. The van der Waals surface area contributed by atoms with E-state index in [0.29, 0.717) is 44.2 Å². The first-order valence-corrected chi connectivity index (χ1v) is 40.8. The molecule has 0 aliphatic carbocycles. The van der Waals surface area contributed by atoms with E-state index < -0.39 is 261 Å². The van der Waals surface area contributed by atoms with Gasteiger partial charge in [-0.25, -0.2) is 4.98 Å². The smallest absolute Gasteiger partial charge is 0.305 e. The van der Waals surface area contributed by atoms with Gasteiger partial charge in [0.25, 0.3) is 0 Å². The number of benzene rings is 4. The number of aromatic nitrogens is 4. The van der Waals surface area contributed by atoms with Crippen molar-refractivity contribution in [3.63, 3.8) is 0 Å². The second-order valence-corrected chi connectivity index (χ2v) is 31.6. The number of nitrogens with two attached hydrogens (primary N) is 2. The van der Waals surface area contributed by atoms with Crippen LogP contribution in [0.2, 0.25) is 0 Å². The Morgan fingerprint density at radius 3 is 1.17 bits per heavy atom. The number of hydrogen-bond acceptors (Lipinski definition) is 21. The second kappa shape index (κ2) is 47.9. The maximum atomic E-state index is 15.0. The molecule has 0 spiro atoms. The Bertz CT molecular complexity index is 5070. The van der Waals surface area contributed by atoms with Gasteiger partial charge in [-0.1, -0.05) is 120 Å². The zero-order chi connectivity index (χ0) is 93.5. The Morgan fingerprint density at radius 2 is 0.748 bits per heavy atom. The minimum atomic E-state index is -2.07. The third-order valence-electron chi connectivity index (χ3n) is 20.3. The zero-order valence-electron chi connectivity index (χ0n) is 70.7. The molecule has 13 atom stereocenters. The van der Waals surface area contributed by atoms with Gasteiger partial charge in [-0.15, -0.1) is 0 Å². The number of carbonyl (C=O) groups is 18. The lowest BCUT2D eigenvalue weighted by Gasteiger charge is -2.29. The van der Waals surface area contributed by atoms with E-state index in [2.05, 4.69) is 89.1 Å². The lowest BCUT2D eigenvalue weighted by molar-refractivity contribution is -0.142. The average molecular weight is 1760 g/mol. The number of rotatable bonds is 51. The number of aromatic amines is 3. The van der Waals surface area contributed by atoms with E-state index in [1.165, 1.54) is 49.9 Å². The topological polar surface area (TPSA) is 677 Å². The lowest BCUT2D eigenvalue weighted by atomic mass is 9.99. The molecule has 7 rings (SSSR count). The number of carbonyl (C=O) groups excluding carboxylic acids is 15. The fourth-order valence-electron chi connectivity index (χ4n) is 13.8. The van der Waals surface area contributed by atoms with Crippen molar-refractivity contribution >= 4 is 128 Å². The van der Waals surface area contributed by atoms with Gasteiger partial charge in [0.2, 0.25) is 88.6 Å². The number of para-hydroxylation sites is 2. The average Bonchev–Trinajstić information content (AvgIpc) is 1.70. The van der Waals surface area contributed by atoms with Gasteiger partial charge in [0.1, 0.15) is 84.3 Å². The quantitative estimate of drug-likeness (QED) is 0.0193. The molecule has 0 saturated carbocycles. The highest BCUT2D eigenvalue weighted by Crippen LogP contribution is 2.23. The molecule has 0 bridgehead atoms. The molecule has 3 heterocycles. The molecule has 15 amide bonds. The van der Waals surface area contributed by atoms with Crippen LogP contribution in [0.1, 0.15) is 121 Å². The molecule has 0 fully saturated rings. The molecule has 42 nitrogen and oxygen atoms in total. The number of carboxylic acid groups (broad SMARTS) is 3. The van der Waals surface area contributed by atoms with Crippen LogP contribution in [0.15, 0.2) is 128 Å². The summed E-state index contributed by atoms with van der Waals surface area (Å²) in [4.78, 5) is 262. The predicted octanol–water partition coefficient (Wildman–Crippen LogP) is -2.17. The molecule has 0 aliphatic heterocycles. The predicted molar refractivity (Wildman–Crippen MR) is 454 cm³/mol. The van der Waals surface area contributed by atoms with E-state index in [4.69, 9.17) is 11.5 Å². The maximum Gasteiger partial charge on any atom is 0.305 e. The molecule has 4 aromatic carbocycles. The van der Waals surface area contributed by atoms with Crippen LogP contribution < -0.4 is 80.6 Å². The van der Waals surface area contributed by atoms with Crippen molar-refractivity contribution in [1.29, 1.82) is 0 Å². The van der Waals surface area contributed by atoms with Crippen LogP contribution in [-0.2, 0) is 118 Å². The second-order valence-electron chi connectivity index (χ2n) is 31.6. The number of phenolic OH excluding ortho intramolecular Hbond substituents is 1. The summed E-state index contributed by atoms with van der Waals surface area (Å²) < 4.78 is 0. The Labute approximate surface area is 727 Å². The molecular weight excluding hydrogens is 1660 g/mol. The van der Waals surface area contributed by atoms with Crippen molar-refractivity contribution in [3.05, 3.63) is 156 Å². The third-order valence-corrected chi connectivity index (χ3v) is 20.3. The van der Waals surface area contributed by atoms with E-state index >= 15 is 4.79 Å². The summed E-state index contributed by atoms with van der Waals surface area (Å²) in [6.45, 7) is 9.58. The zero-order valence-corrected chi connectivity index (χ0v) is 70.7. The molecule has 7 aromatic rings. The van der Waals surface area contributed by atoms with Crippen LogP contribution in [0.5, 0.6) is 5.75 Å². The van der Waals surface area contributed by atoms with Crippen molar-refractivity contribution in [2.45, 2.75) is 204 Å². The lowest BCUT2D eigenvalue weighted by Crippen LogP contribution is -2.62. The van der Waals surface area contributed by atoms with Gasteiger partial charge in [-0.2, -0.15) is 0 Å². The summed E-state index contributed by atoms with van der Waals surface area (Å²) in [6, 6.07) is 4.50. The molecule has 25 N–H and O–H groups in total. The van der Waals surface area contributed by atoms with Crippen molar-refractivity contribution in [3.8, 4) is 5.75 Å². The van der Waals surface area contributed by atoms with Gasteiger partial charge >= 0.3 is 17.9 Å². The van der Waals surface area contributed by atoms with Crippen molar-refractivity contribution in [2.24, 2.45) is 29.2 Å². The number of aliphatic hydroxyl groups is 1. The van der Waals surface area contributed by atoms with Gasteiger partial charge in [-0.3, -0.25) is 86.3 Å². The number of aliphatic carboxylic acids is 3. The van der Waals surface area contributed by atoms with Crippen LogP contribution in [0.3, 0.4) is 0 Å². The Kier molecular flexibility index (Phi) is 37.5. The number of fused-ring (bicyclic) bond motifs is 2. The summed E-state index contributed by atoms with van der Waals surface area (Å²) >= 11 is 0. The Balaban J connectivity index is 1.13. The highest BCUT2D eigenvalue weighted by atomic mass is 16.4. The number of imidazole rings is 1. The van der Waals surface area contributed by atoms with Crippen molar-refractivity contribution in [2.75, 3.05) is 6.61 Å². The number of amides is 15. The number of aliphatic hydroxyl groups excluding tert-OH is 1. The number of nitrogens with zero attached hydrogens (tertiary/aromatic N) is 1. The molecule has 682 valence electrons. The number of H-pyrrole nitrogens is 3. The molecule has 0 aliphatic rings. The summed E-state index contributed by atoms with van der Waals surface area (Å²) in [5.74, 6) is -23.0. The maximum absolute atomic E-state index is 15.0. The highest BCUT2D eigenvalue weighted by molar-refractivity contribution is 6.02. The van der Waals surface area contributed by atoms with E-state index in [0.717, 1.165) is 0 Å². The van der Waals surface area contributed by atoms with Gasteiger partial charge in [0, 0.05) is 98.0 Å². The molecule has 127 heavy (non-hydrogen) atoms. The Hall–Kier alpha value is -14.6. The standard InChI is InChI=1S/C85H109N19O23/c1-42(2)29-58(76(118)100-65(36-70(113)114)81(123)97-62(82(124)103-71(43(3)4)73(87)115)33-49-38-90-55-20-14-12-18-53(49)55)95-77(119)59(31-47-21-23-51(107)24-22-47)96-75(117)57(26-28-69(111)112)93-74(116)56(25-27-68(109)110)94-79(121)61(32-48-37-89-54-19-13-11-17-52(48)54)98-84(126)66(40-105)102-80(122)64(35-67(86)108)99-78(120)60(30-46-15-9-8-10-16-46)101-85(127)72(44(5)6)104-83(125)63(92-45(7)106)34-50-39-88-41-91-50/h8-24,37-39,41-44,56-66,71-72,89-90,105,107H,25-36,40H2,1-7H3,(H2,86,108)(H2,87,115)(H,88,91)(H,92,106)(H,93,116)(H,94,121)(H,95,119)(H,96,117)(H,97,123)(H,98,126)(H,99,120)(H,100,118)(H,101,127)(H,102,122)(H,103,124)(H,104,125)(H,109,110)(H,111,112)(H,113,114)/t56-,57-,58-,59-,60-,61-,62-,63-,64-,65-,66-,71-,72-/m0/s1. The minimum absolute atomic E-state index is 0.0635. The summed E-state index contributed by atoms with van der Waals surface area (Å²) in [5.41, 5.74) is 14.4. The molecular formula is C85H109N19O23. The summed E-state index contributed by atoms with van der Waals surface area (Å²) in [6.07, 6.45) is -1.37. The normalized spacial score (nSPS) is 14.3. The number of hydrogen-bond donors (Lipinski definition) is 23. The first-order chi connectivity index (χ1) is 60.2. The molecule has 42 heteroatoms. The Morgan fingerprint density at radius 1 is 0.378 bits per heavy atom. The van der Waals surface area contributed by atoms with E-state index in [9.17, 15) is 107 Å². The van der Waals surface area contributed by atoms with Crippen LogP contribution >= 0.6 is 0 Å². The van der Waals surface area contributed by atoms with Crippen LogP contribution in [0.4, 0.5) is 0 Å². The van der Waals surface area contributed by atoms with Crippen LogP contribution in [0, 0.1) is 17.8 Å². The number of phenols is 1. The van der Waals surface area contributed by atoms with Gasteiger partial charge in [-0.05, 0) is 83.5 Å². The van der Waals surface area contributed by atoms with Gasteiger partial charge < -0.3 is 121 Å². The minimum Gasteiger partial charge on any atom is -0.508 e. The monoisotopic (exact) mass is 1760 g/mol. The molecule has 3 aromatic heterocycles. The van der Waals surface area contributed by atoms with E-state index in [1.54, 1.807) is 127 Å². The fourth-order valence-corrected chi connectivity index (χ4v) is 13.8. The third kappa shape index (κ3) is 31.3. The number of carboxylic acids is 3. The highest BCUT2D eigenvalue weighted by Gasteiger charge is 2.40. The van der Waals surface area contributed by atoms with E-state index in [-0.39, 0.29) is 37.0 Å². The first kappa shape index (κ1) is 99.5. The van der Waals surface area contributed by atoms with Gasteiger partial charge in [0.05, 0.1) is 25.8 Å². The number of nitrogens with one attached hydrogen (secondary N) is 16. The summed E-state index contributed by atoms with van der Waals surface area (Å²) in [7, 11) is 0. The first-order valence-electron chi connectivity index (χ1n) is 40.8.